The highest BCUT2D eigenvalue weighted by molar-refractivity contribution is 6.21. The van der Waals surface area contributed by atoms with Gasteiger partial charge in [0.2, 0.25) is 5.75 Å². The van der Waals surface area contributed by atoms with Gasteiger partial charge in [-0.1, -0.05) is 32.8 Å². The Morgan fingerprint density at radius 2 is 1.56 bits per heavy atom. The van der Waals surface area contributed by atoms with Crippen molar-refractivity contribution in [3.05, 3.63) is 35.4 Å². The van der Waals surface area contributed by atoms with Crippen molar-refractivity contribution in [1.29, 1.82) is 0 Å². The molecule has 1 aliphatic heterocycles. The highest BCUT2D eigenvalue weighted by atomic mass is 16.6. The Bertz CT molecular complexity index is 1410. The first-order valence-electron chi connectivity index (χ1n) is 12.9. The first-order valence-corrected chi connectivity index (χ1v) is 12.9. The number of carbonyl (C=O) groups excluding carboxylic acids is 2. The molecule has 1 N–H and O–H groups in total. The van der Waals surface area contributed by atoms with E-state index in [0.717, 1.165) is 12.8 Å². The Hall–Kier alpha value is -4.14. The van der Waals surface area contributed by atoms with Gasteiger partial charge in [-0.15, -0.1) is 0 Å². The zero-order chi connectivity index (χ0) is 28.3. The molecule has 39 heavy (non-hydrogen) atoms. The van der Waals surface area contributed by atoms with Gasteiger partial charge in [0, 0.05) is 22.8 Å². The number of carbonyl (C=O) groups is 2. The first-order chi connectivity index (χ1) is 18.8. The maximum atomic E-state index is 13.8. The summed E-state index contributed by atoms with van der Waals surface area (Å²) >= 11 is 0. The van der Waals surface area contributed by atoms with Crippen molar-refractivity contribution in [2.24, 2.45) is 5.92 Å². The number of rotatable bonds is 10. The molecule has 3 aromatic rings. The number of hydrogen-bond donors (Lipinski definition) is 1. The van der Waals surface area contributed by atoms with Crippen LogP contribution in [-0.2, 0) is 4.74 Å². The highest BCUT2D eigenvalue weighted by Crippen LogP contribution is 2.53. The maximum Gasteiger partial charge on any atom is 0.339 e. The van der Waals surface area contributed by atoms with Crippen molar-refractivity contribution in [3.63, 3.8) is 0 Å². The zero-order valence-corrected chi connectivity index (χ0v) is 23.1. The van der Waals surface area contributed by atoms with Gasteiger partial charge in [-0.2, -0.15) is 0 Å². The largest absolute Gasteiger partial charge is 0.507 e. The van der Waals surface area contributed by atoms with Crippen LogP contribution in [0.4, 0.5) is 0 Å². The minimum Gasteiger partial charge on any atom is -0.507 e. The van der Waals surface area contributed by atoms with E-state index in [1.54, 1.807) is 24.3 Å². The fraction of sp³-hybridized carbons (Fsp3) is 0.400. The van der Waals surface area contributed by atoms with E-state index in [-0.39, 0.29) is 57.6 Å². The summed E-state index contributed by atoms with van der Waals surface area (Å²) in [6, 6.07) is 6.81. The van der Waals surface area contributed by atoms with Crippen LogP contribution in [0.1, 0.15) is 53.8 Å². The Balaban J connectivity index is 2.21. The fourth-order valence-electron chi connectivity index (χ4n) is 5.10. The first kappa shape index (κ1) is 27.9. The number of esters is 1. The van der Waals surface area contributed by atoms with Gasteiger partial charge < -0.3 is 33.5 Å². The molecule has 0 radical (unpaired) electrons. The normalized spacial score (nSPS) is 12.4. The molecule has 1 aliphatic rings. The van der Waals surface area contributed by atoms with Crippen molar-refractivity contribution in [3.8, 4) is 45.6 Å². The van der Waals surface area contributed by atoms with Gasteiger partial charge in [0.25, 0.3) is 0 Å². The fourth-order valence-corrected chi connectivity index (χ4v) is 5.10. The van der Waals surface area contributed by atoms with E-state index in [0.29, 0.717) is 41.2 Å². The third kappa shape index (κ3) is 4.89. The summed E-state index contributed by atoms with van der Waals surface area (Å²) in [7, 11) is 5.61. The molecule has 1 heterocycles. The van der Waals surface area contributed by atoms with E-state index < -0.39 is 5.97 Å². The molecule has 9 nitrogen and oxygen atoms in total. The third-order valence-electron chi connectivity index (χ3n) is 7.20. The van der Waals surface area contributed by atoms with Gasteiger partial charge in [-0.25, -0.2) is 4.79 Å². The summed E-state index contributed by atoms with van der Waals surface area (Å²) in [5.41, 5.74) is 0.685. The smallest absolute Gasteiger partial charge is 0.339 e. The molecule has 0 atom stereocenters. The second-order valence-corrected chi connectivity index (χ2v) is 9.20. The summed E-state index contributed by atoms with van der Waals surface area (Å²) < 4.78 is 33.6. The monoisotopic (exact) mass is 538 g/mol. The van der Waals surface area contributed by atoms with E-state index in [1.807, 2.05) is 13.8 Å². The quantitative estimate of drug-likeness (QED) is 0.253. The molecule has 9 heteroatoms. The Morgan fingerprint density at radius 3 is 2.15 bits per heavy atom. The second kappa shape index (κ2) is 11.7. The second-order valence-electron chi connectivity index (χ2n) is 9.20. The third-order valence-corrected chi connectivity index (χ3v) is 7.20. The molecule has 208 valence electrons. The lowest BCUT2D eigenvalue weighted by Crippen LogP contribution is -2.17. The van der Waals surface area contributed by atoms with Crippen LogP contribution in [-0.4, -0.2) is 58.5 Å². The Morgan fingerprint density at radius 1 is 0.897 bits per heavy atom. The Kier molecular flexibility index (Phi) is 8.38. The molecule has 0 spiro atoms. The number of phenols is 1. The number of hydrogen-bond acceptors (Lipinski definition) is 9. The number of Topliss-reactive ketones (excluding diaryl/α,β-unsaturated/α-hetero) is 1. The van der Waals surface area contributed by atoms with Gasteiger partial charge in [-0.05, 0) is 29.7 Å². The number of phenolic OH excluding ortho intramolecular Hbond substituents is 1. The molecule has 0 bridgehead atoms. The van der Waals surface area contributed by atoms with Crippen LogP contribution in [0.5, 0.6) is 34.5 Å². The van der Waals surface area contributed by atoms with E-state index >= 15 is 0 Å². The molecule has 0 saturated heterocycles. The number of methoxy groups -OCH3 is 4. The van der Waals surface area contributed by atoms with Gasteiger partial charge in [0.05, 0.1) is 39.6 Å². The molecule has 3 aromatic carbocycles. The number of ketones is 1. The van der Waals surface area contributed by atoms with E-state index in [1.165, 1.54) is 28.4 Å². The Labute approximate surface area is 227 Å². The lowest BCUT2D eigenvalue weighted by molar-refractivity contribution is 0.0597. The minimum atomic E-state index is -0.776. The molecule has 0 fully saturated rings. The zero-order valence-electron chi connectivity index (χ0n) is 23.1. The van der Waals surface area contributed by atoms with Gasteiger partial charge in [0.1, 0.15) is 19.0 Å². The van der Waals surface area contributed by atoms with Crippen molar-refractivity contribution in [1.82, 2.24) is 0 Å². The van der Waals surface area contributed by atoms with Crippen molar-refractivity contribution in [2.45, 2.75) is 33.1 Å². The predicted octanol–water partition coefficient (Wildman–Crippen LogP) is 5.81. The summed E-state index contributed by atoms with van der Waals surface area (Å²) in [6.07, 6.45) is 1.71. The molecule has 4 rings (SSSR count). The number of fused-ring (bicyclic) bond motifs is 2. The summed E-state index contributed by atoms with van der Waals surface area (Å²) in [4.78, 5) is 27.3. The minimum absolute atomic E-state index is 0.0688. The lowest BCUT2D eigenvalue weighted by atomic mass is 9.84. The number of ether oxygens (including phenoxy) is 6. The van der Waals surface area contributed by atoms with Crippen molar-refractivity contribution in [2.75, 3.05) is 41.7 Å². The standard InChI is InChI=1S/C30H34O9/c1-7-16(8-2)13-19(31)25-26(30(33)37-6)23(17-9-10-20-21(14-17)39-12-11-38-20)24-18(27(25)32)15-22(34-3)28(35-4)29(24)36-5/h9-10,14-16,32H,7-8,11-13H2,1-6H3. The molecule has 0 amide bonds. The van der Waals surface area contributed by atoms with Gasteiger partial charge in [0.15, 0.2) is 28.8 Å². The number of aromatic hydroxyl groups is 1. The predicted molar refractivity (Wildman–Crippen MR) is 146 cm³/mol. The molecule has 0 unspecified atom stereocenters. The molecule has 0 saturated carbocycles. The van der Waals surface area contributed by atoms with Crippen molar-refractivity contribution < 1.29 is 43.1 Å². The molecular formula is C30H34O9. The van der Waals surface area contributed by atoms with Crippen LogP contribution in [0.15, 0.2) is 24.3 Å². The SMILES string of the molecule is CCC(CC)CC(=O)c1c(C(=O)OC)c(-c2ccc3c(c2)OCCO3)c2c(OC)c(OC)c(OC)cc2c1O. The number of benzene rings is 3. The van der Waals surface area contributed by atoms with Gasteiger partial charge in [-0.3, -0.25) is 4.79 Å². The average Bonchev–Trinajstić information content (AvgIpc) is 2.97. The van der Waals surface area contributed by atoms with Crippen LogP contribution >= 0.6 is 0 Å². The summed E-state index contributed by atoms with van der Waals surface area (Å²) in [5.74, 6) is 0.392. The molecule has 0 aromatic heterocycles. The average molecular weight is 539 g/mol. The summed E-state index contributed by atoms with van der Waals surface area (Å²) in [5, 5.41) is 12.3. The highest BCUT2D eigenvalue weighted by Gasteiger charge is 2.34. The van der Waals surface area contributed by atoms with Crippen LogP contribution in [0.25, 0.3) is 21.9 Å². The molecule has 0 aliphatic carbocycles. The van der Waals surface area contributed by atoms with E-state index in [2.05, 4.69) is 0 Å². The van der Waals surface area contributed by atoms with Crippen LogP contribution in [0.2, 0.25) is 0 Å². The summed E-state index contributed by atoms with van der Waals surface area (Å²) in [6.45, 7) is 4.79. The lowest BCUT2D eigenvalue weighted by Gasteiger charge is -2.24. The van der Waals surface area contributed by atoms with E-state index in [9.17, 15) is 14.7 Å². The molecular weight excluding hydrogens is 504 g/mol. The van der Waals surface area contributed by atoms with Gasteiger partial charge >= 0.3 is 5.97 Å². The van der Waals surface area contributed by atoms with Crippen LogP contribution < -0.4 is 23.7 Å². The maximum absolute atomic E-state index is 13.8. The van der Waals surface area contributed by atoms with E-state index in [4.69, 9.17) is 28.4 Å². The van der Waals surface area contributed by atoms with Crippen molar-refractivity contribution >= 4 is 22.5 Å². The van der Waals surface area contributed by atoms with Crippen LogP contribution in [0.3, 0.4) is 0 Å². The van der Waals surface area contributed by atoms with Crippen LogP contribution in [0, 0.1) is 5.92 Å². The topological polar surface area (TPSA) is 110 Å².